The zero-order valence-electron chi connectivity index (χ0n) is 11.1. The van der Waals surface area contributed by atoms with Crippen LogP contribution in [-0.4, -0.2) is 35.7 Å². The number of hydrogen-bond donors (Lipinski definition) is 2. The number of nitrogens with two attached hydrogens (primary N) is 1. The first-order valence-corrected chi connectivity index (χ1v) is 7.83. The zero-order valence-corrected chi connectivity index (χ0v) is 11.9. The molecule has 1 aliphatic heterocycles. The second-order valence-electron chi connectivity index (χ2n) is 5.26. The number of aliphatic hydroxyl groups excluding tert-OH is 1. The van der Waals surface area contributed by atoms with E-state index in [1.165, 1.54) is 12.0 Å². The number of aliphatic hydroxyl groups is 1. The second kappa shape index (κ2) is 6.66. The van der Waals surface area contributed by atoms with Crippen LogP contribution in [0.4, 0.5) is 0 Å². The number of nitrogens with zero attached hydrogens (tertiary/aromatic N) is 1. The fraction of sp³-hybridized carbons (Fsp3) is 0.714. The maximum absolute atomic E-state index is 9.36. The highest BCUT2D eigenvalue weighted by Gasteiger charge is 2.30. The van der Waals surface area contributed by atoms with Gasteiger partial charge in [0.2, 0.25) is 0 Å². The number of likely N-dealkylation sites (tertiary alicyclic amines) is 1. The lowest BCUT2D eigenvalue weighted by atomic mass is 9.92. The van der Waals surface area contributed by atoms with E-state index >= 15 is 0 Å². The molecule has 1 aromatic heterocycles. The molecule has 1 saturated heterocycles. The average Bonchev–Trinajstić information content (AvgIpc) is 2.93. The molecular formula is C14H24N2OS. The maximum atomic E-state index is 9.36. The Morgan fingerprint density at radius 3 is 3.06 bits per heavy atom. The van der Waals surface area contributed by atoms with Crippen molar-refractivity contribution in [2.45, 2.75) is 38.3 Å². The van der Waals surface area contributed by atoms with E-state index in [-0.39, 0.29) is 6.04 Å². The standard InChI is InChI=1S/C14H24N2OS/c1-2-13(15)14(12-5-7-18-10-12)16-6-3-4-11(8-16)9-17/h5,7,10-11,13-14,17H,2-4,6,8-9,15H2,1H3. The van der Waals surface area contributed by atoms with Crippen molar-refractivity contribution in [2.75, 3.05) is 19.7 Å². The van der Waals surface area contributed by atoms with Crippen molar-refractivity contribution in [1.29, 1.82) is 0 Å². The smallest absolute Gasteiger partial charge is 0.0507 e. The Hall–Kier alpha value is -0.420. The Labute approximate surface area is 114 Å². The molecule has 2 rings (SSSR count). The van der Waals surface area contributed by atoms with Crippen LogP contribution in [-0.2, 0) is 0 Å². The predicted octanol–water partition coefficient (Wildman–Crippen LogP) is 2.23. The van der Waals surface area contributed by atoms with Crippen LogP contribution in [0, 0.1) is 5.92 Å². The SMILES string of the molecule is CCC(N)C(c1ccsc1)N1CCCC(CO)C1. The van der Waals surface area contributed by atoms with Gasteiger partial charge in [-0.25, -0.2) is 0 Å². The number of rotatable bonds is 5. The molecule has 1 fully saturated rings. The summed E-state index contributed by atoms with van der Waals surface area (Å²) in [5, 5.41) is 13.7. The Bertz CT molecular complexity index is 342. The Morgan fingerprint density at radius 1 is 1.61 bits per heavy atom. The first-order chi connectivity index (χ1) is 8.76. The van der Waals surface area contributed by atoms with E-state index in [1.54, 1.807) is 11.3 Å². The molecule has 102 valence electrons. The lowest BCUT2D eigenvalue weighted by Gasteiger charge is -2.40. The van der Waals surface area contributed by atoms with Gasteiger partial charge in [0.1, 0.15) is 0 Å². The van der Waals surface area contributed by atoms with Crippen LogP contribution in [0.15, 0.2) is 16.8 Å². The minimum Gasteiger partial charge on any atom is -0.396 e. The molecule has 0 radical (unpaired) electrons. The molecule has 0 amide bonds. The summed E-state index contributed by atoms with van der Waals surface area (Å²) in [5.41, 5.74) is 7.67. The van der Waals surface area contributed by atoms with Crippen LogP contribution in [0.5, 0.6) is 0 Å². The van der Waals surface area contributed by atoms with E-state index in [4.69, 9.17) is 5.73 Å². The van der Waals surface area contributed by atoms with Gasteiger partial charge in [0.25, 0.3) is 0 Å². The molecule has 18 heavy (non-hydrogen) atoms. The molecule has 0 spiro atoms. The first kappa shape index (κ1) is 14.0. The van der Waals surface area contributed by atoms with Gasteiger partial charge in [-0.05, 0) is 54.1 Å². The van der Waals surface area contributed by atoms with Crippen molar-refractivity contribution in [2.24, 2.45) is 11.7 Å². The Kier molecular flexibility index (Phi) is 5.18. The monoisotopic (exact) mass is 268 g/mol. The first-order valence-electron chi connectivity index (χ1n) is 6.88. The second-order valence-corrected chi connectivity index (χ2v) is 6.04. The van der Waals surface area contributed by atoms with Gasteiger partial charge in [0, 0.05) is 19.2 Å². The molecule has 3 nitrogen and oxygen atoms in total. The summed E-state index contributed by atoms with van der Waals surface area (Å²) < 4.78 is 0. The largest absolute Gasteiger partial charge is 0.396 e. The highest BCUT2D eigenvalue weighted by Crippen LogP contribution is 2.30. The number of hydrogen-bond acceptors (Lipinski definition) is 4. The van der Waals surface area contributed by atoms with E-state index < -0.39 is 0 Å². The van der Waals surface area contributed by atoms with Gasteiger partial charge in [-0.3, -0.25) is 4.90 Å². The summed E-state index contributed by atoms with van der Waals surface area (Å²) in [5.74, 6) is 0.420. The van der Waals surface area contributed by atoms with Gasteiger partial charge in [0.05, 0.1) is 6.04 Å². The molecule has 3 N–H and O–H groups in total. The third-order valence-electron chi connectivity index (χ3n) is 3.96. The van der Waals surface area contributed by atoms with Crippen LogP contribution in [0.2, 0.25) is 0 Å². The van der Waals surface area contributed by atoms with Crippen molar-refractivity contribution in [3.63, 3.8) is 0 Å². The minimum absolute atomic E-state index is 0.178. The van der Waals surface area contributed by atoms with E-state index in [1.807, 2.05) is 0 Å². The molecule has 0 aliphatic carbocycles. The third kappa shape index (κ3) is 3.12. The summed E-state index contributed by atoms with van der Waals surface area (Å²) in [6.45, 7) is 4.53. The van der Waals surface area contributed by atoms with Crippen molar-refractivity contribution >= 4 is 11.3 Å². The zero-order chi connectivity index (χ0) is 13.0. The van der Waals surface area contributed by atoms with Crippen LogP contribution in [0.1, 0.15) is 37.8 Å². The highest BCUT2D eigenvalue weighted by molar-refractivity contribution is 7.07. The molecule has 0 saturated carbocycles. The fourth-order valence-electron chi connectivity index (χ4n) is 2.89. The molecule has 0 bridgehead atoms. The lowest BCUT2D eigenvalue weighted by Crippen LogP contribution is -2.46. The Morgan fingerprint density at radius 2 is 2.44 bits per heavy atom. The van der Waals surface area contributed by atoms with Crippen molar-refractivity contribution < 1.29 is 5.11 Å². The van der Waals surface area contributed by atoms with Gasteiger partial charge in [-0.15, -0.1) is 0 Å². The molecular weight excluding hydrogens is 244 g/mol. The van der Waals surface area contributed by atoms with E-state index in [2.05, 4.69) is 28.7 Å². The molecule has 1 aromatic rings. The number of thiophene rings is 1. The maximum Gasteiger partial charge on any atom is 0.0507 e. The third-order valence-corrected chi connectivity index (χ3v) is 4.67. The predicted molar refractivity (Wildman–Crippen MR) is 76.7 cm³/mol. The van der Waals surface area contributed by atoms with Crippen molar-refractivity contribution in [1.82, 2.24) is 4.90 Å². The van der Waals surface area contributed by atoms with Gasteiger partial charge in [0.15, 0.2) is 0 Å². The lowest BCUT2D eigenvalue weighted by molar-refractivity contribution is 0.0765. The van der Waals surface area contributed by atoms with Crippen LogP contribution in [0.3, 0.4) is 0 Å². The van der Waals surface area contributed by atoms with Crippen molar-refractivity contribution in [3.8, 4) is 0 Å². The molecule has 3 atom stereocenters. The Balaban J connectivity index is 2.13. The van der Waals surface area contributed by atoms with Gasteiger partial charge < -0.3 is 10.8 Å². The van der Waals surface area contributed by atoms with E-state index in [9.17, 15) is 5.11 Å². The van der Waals surface area contributed by atoms with Gasteiger partial charge >= 0.3 is 0 Å². The quantitative estimate of drug-likeness (QED) is 0.861. The van der Waals surface area contributed by atoms with Crippen LogP contribution >= 0.6 is 11.3 Å². The van der Waals surface area contributed by atoms with Gasteiger partial charge in [-0.1, -0.05) is 6.92 Å². The molecule has 1 aliphatic rings. The average molecular weight is 268 g/mol. The molecule has 0 aromatic carbocycles. The molecule has 2 heterocycles. The summed E-state index contributed by atoms with van der Waals surface area (Å²) >= 11 is 1.73. The van der Waals surface area contributed by atoms with Crippen molar-refractivity contribution in [3.05, 3.63) is 22.4 Å². The number of piperidine rings is 1. The topological polar surface area (TPSA) is 49.5 Å². The normalized spacial score (nSPS) is 24.9. The highest BCUT2D eigenvalue weighted by atomic mass is 32.1. The van der Waals surface area contributed by atoms with E-state index in [0.29, 0.717) is 18.6 Å². The van der Waals surface area contributed by atoms with E-state index in [0.717, 1.165) is 25.9 Å². The fourth-order valence-corrected chi connectivity index (χ4v) is 3.58. The summed E-state index contributed by atoms with van der Waals surface area (Å²) in [6, 6.07) is 2.68. The van der Waals surface area contributed by atoms with Gasteiger partial charge in [-0.2, -0.15) is 11.3 Å². The molecule has 3 unspecified atom stereocenters. The minimum atomic E-state index is 0.178. The summed E-state index contributed by atoms with van der Waals surface area (Å²) in [6.07, 6.45) is 3.30. The van der Waals surface area contributed by atoms with Crippen LogP contribution in [0.25, 0.3) is 0 Å². The summed E-state index contributed by atoms with van der Waals surface area (Å²) in [7, 11) is 0. The molecule has 4 heteroatoms. The van der Waals surface area contributed by atoms with Crippen LogP contribution < -0.4 is 5.73 Å². The summed E-state index contributed by atoms with van der Waals surface area (Å²) in [4.78, 5) is 2.47.